The standard InChI is InChI=1S/C16H29NO4/c1-13(2,3)21-12(19)17-7-6-15(10-17,11-18)16(20)8-14(4,5)9-16/h18,20H,6-11H2,1-5H3. The van der Waals surface area contributed by atoms with Crippen LogP contribution in [0.5, 0.6) is 0 Å². The molecule has 2 fully saturated rings. The number of ether oxygens (including phenoxy) is 1. The van der Waals surface area contributed by atoms with Crippen LogP contribution < -0.4 is 0 Å². The summed E-state index contributed by atoms with van der Waals surface area (Å²) in [6.45, 7) is 10.5. The highest BCUT2D eigenvalue weighted by molar-refractivity contribution is 5.68. The number of nitrogens with zero attached hydrogens (tertiary/aromatic N) is 1. The summed E-state index contributed by atoms with van der Waals surface area (Å²) in [5.74, 6) is 0. The van der Waals surface area contributed by atoms with Gasteiger partial charge in [-0.3, -0.25) is 0 Å². The van der Waals surface area contributed by atoms with Gasteiger partial charge in [0.25, 0.3) is 0 Å². The van der Waals surface area contributed by atoms with E-state index in [0.29, 0.717) is 32.4 Å². The molecule has 1 atom stereocenters. The van der Waals surface area contributed by atoms with Gasteiger partial charge >= 0.3 is 6.09 Å². The number of carbonyl (C=O) groups excluding carboxylic acids is 1. The van der Waals surface area contributed by atoms with Gasteiger partial charge < -0.3 is 19.8 Å². The molecule has 1 saturated heterocycles. The van der Waals surface area contributed by atoms with Crippen molar-refractivity contribution in [2.24, 2.45) is 10.8 Å². The second-order valence-electron chi connectivity index (χ2n) is 8.64. The van der Waals surface area contributed by atoms with E-state index in [4.69, 9.17) is 4.74 Å². The maximum absolute atomic E-state index is 12.2. The van der Waals surface area contributed by atoms with Gasteiger partial charge in [-0.05, 0) is 45.4 Å². The molecule has 0 aromatic heterocycles. The third-order valence-corrected chi connectivity index (χ3v) is 4.84. The van der Waals surface area contributed by atoms with Gasteiger partial charge in [-0.15, -0.1) is 0 Å². The van der Waals surface area contributed by atoms with Crippen molar-refractivity contribution in [2.75, 3.05) is 19.7 Å². The highest BCUT2D eigenvalue weighted by Crippen LogP contribution is 2.58. The molecule has 2 N–H and O–H groups in total. The second kappa shape index (κ2) is 4.85. The molecule has 5 nitrogen and oxygen atoms in total. The average Bonchev–Trinajstić information content (AvgIpc) is 2.69. The lowest BCUT2D eigenvalue weighted by molar-refractivity contribution is -0.202. The van der Waals surface area contributed by atoms with Crippen LogP contribution in [0.25, 0.3) is 0 Å². The molecule has 2 aliphatic rings. The van der Waals surface area contributed by atoms with Crippen molar-refractivity contribution in [1.82, 2.24) is 4.90 Å². The van der Waals surface area contributed by atoms with Gasteiger partial charge in [0.1, 0.15) is 5.60 Å². The third kappa shape index (κ3) is 3.04. The molecule has 0 aromatic carbocycles. The number of aliphatic hydroxyl groups is 2. The van der Waals surface area contributed by atoms with E-state index >= 15 is 0 Å². The predicted molar refractivity (Wildman–Crippen MR) is 79.9 cm³/mol. The first-order valence-electron chi connectivity index (χ1n) is 7.73. The van der Waals surface area contributed by atoms with Crippen molar-refractivity contribution in [3.05, 3.63) is 0 Å². The topological polar surface area (TPSA) is 70.0 Å². The van der Waals surface area contributed by atoms with Crippen LogP contribution in [-0.4, -0.2) is 52.1 Å². The predicted octanol–water partition coefficient (Wildman–Crippen LogP) is 2.16. The smallest absolute Gasteiger partial charge is 0.410 e. The van der Waals surface area contributed by atoms with Crippen molar-refractivity contribution in [3.63, 3.8) is 0 Å². The Hall–Kier alpha value is -0.810. The number of rotatable bonds is 2. The highest BCUT2D eigenvalue weighted by atomic mass is 16.6. The molecular formula is C16H29NO4. The van der Waals surface area contributed by atoms with Crippen LogP contribution in [0.4, 0.5) is 4.79 Å². The number of aliphatic hydroxyl groups excluding tert-OH is 1. The van der Waals surface area contributed by atoms with Crippen molar-refractivity contribution in [1.29, 1.82) is 0 Å². The summed E-state index contributed by atoms with van der Waals surface area (Å²) < 4.78 is 5.39. The Balaban J connectivity index is 2.07. The maximum Gasteiger partial charge on any atom is 0.410 e. The Morgan fingerprint density at radius 3 is 2.29 bits per heavy atom. The van der Waals surface area contributed by atoms with E-state index in [0.717, 1.165) is 0 Å². The summed E-state index contributed by atoms with van der Waals surface area (Å²) in [4.78, 5) is 13.8. The molecule has 0 aromatic rings. The minimum absolute atomic E-state index is 0.0983. The van der Waals surface area contributed by atoms with Crippen LogP contribution in [0.1, 0.15) is 53.9 Å². The van der Waals surface area contributed by atoms with Gasteiger partial charge in [0.15, 0.2) is 0 Å². The van der Waals surface area contributed by atoms with Crippen LogP contribution in [-0.2, 0) is 4.74 Å². The van der Waals surface area contributed by atoms with E-state index < -0.39 is 16.6 Å². The Morgan fingerprint density at radius 2 is 1.86 bits per heavy atom. The fourth-order valence-corrected chi connectivity index (χ4v) is 3.92. The summed E-state index contributed by atoms with van der Waals surface area (Å²) in [5, 5.41) is 20.8. The molecule has 0 bridgehead atoms. The zero-order chi connectivity index (χ0) is 16.1. The van der Waals surface area contributed by atoms with Crippen LogP contribution in [0, 0.1) is 10.8 Å². The van der Waals surface area contributed by atoms with Crippen molar-refractivity contribution >= 4 is 6.09 Å². The molecule has 0 spiro atoms. The molecule has 0 radical (unpaired) electrons. The minimum Gasteiger partial charge on any atom is -0.444 e. The van der Waals surface area contributed by atoms with Crippen LogP contribution in [0.2, 0.25) is 0 Å². The number of hydrogen-bond acceptors (Lipinski definition) is 4. The quantitative estimate of drug-likeness (QED) is 0.820. The monoisotopic (exact) mass is 299 g/mol. The summed E-state index contributed by atoms with van der Waals surface area (Å²) in [7, 11) is 0. The van der Waals surface area contributed by atoms with Gasteiger partial charge in [-0.2, -0.15) is 0 Å². The van der Waals surface area contributed by atoms with E-state index in [-0.39, 0.29) is 18.1 Å². The van der Waals surface area contributed by atoms with Gasteiger partial charge in [0, 0.05) is 18.5 Å². The van der Waals surface area contributed by atoms with Crippen LogP contribution in [0.3, 0.4) is 0 Å². The van der Waals surface area contributed by atoms with Gasteiger partial charge in [-0.25, -0.2) is 4.79 Å². The van der Waals surface area contributed by atoms with E-state index in [2.05, 4.69) is 13.8 Å². The van der Waals surface area contributed by atoms with Crippen molar-refractivity contribution in [3.8, 4) is 0 Å². The summed E-state index contributed by atoms with van der Waals surface area (Å²) in [5.41, 5.74) is -1.91. The fraction of sp³-hybridized carbons (Fsp3) is 0.938. The molecule has 21 heavy (non-hydrogen) atoms. The lowest BCUT2D eigenvalue weighted by Crippen LogP contribution is -2.62. The first-order chi connectivity index (χ1) is 9.42. The zero-order valence-corrected chi connectivity index (χ0v) is 13.9. The molecule has 1 aliphatic heterocycles. The first kappa shape index (κ1) is 16.6. The number of carbonyl (C=O) groups is 1. The zero-order valence-electron chi connectivity index (χ0n) is 13.9. The largest absolute Gasteiger partial charge is 0.444 e. The number of hydrogen-bond donors (Lipinski definition) is 2. The molecule has 122 valence electrons. The van der Waals surface area contributed by atoms with E-state index in [1.807, 2.05) is 20.8 Å². The third-order valence-electron chi connectivity index (χ3n) is 4.84. The Morgan fingerprint density at radius 1 is 1.29 bits per heavy atom. The van der Waals surface area contributed by atoms with Gasteiger partial charge in [0.2, 0.25) is 0 Å². The molecule has 1 saturated carbocycles. The average molecular weight is 299 g/mol. The molecular weight excluding hydrogens is 270 g/mol. The Bertz CT molecular complexity index is 418. The van der Waals surface area contributed by atoms with E-state index in [1.54, 1.807) is 4.90 Å². The number of likely N-dealkylation sites (tertiary alicyclic amines) is 1. The van der Waals surface area contributed by atoms with Crippen LogP contribution in [0.15, 0.2) is 0 Å². The summed E-state index contributed by atoms with van der Waals surface area (Å²) in [6.07, 6.45) is 1.60. The Labute approximate surface area is 127 Å². The lowest BCUT2D eigenvalue weighted by Gasteiger charge is -2.58. The summed E-state index contributed by atoms with van der Waals surface area (Å²) in [6, 6.07) is 0. The highest BCUT2D eigenvalue weighted by Gasteiger charge is 2.62. The minimum atomic E-state index is -0.873. The molecule has 5 heteroatoms. The lowest BCUT2D eigenvalue weighted by atomic mass is 9.51. The van der Waals surface area contributed by atoms with E-state index in [9.17, 15) is 15.0 Å². The van der Waals surface area contributed by atoms with Gasteiger partial charge in [0.05, 0.1) is 12.2 Å². The van der Waals surface area contributed by atoms with E-state index in [1.165, 1.54) is 0 Å². The molecule has 2 rings (SSSR count). The molecule has 1 aliphatic carbocycles. The fourth-order valence-electron chi connectivity index (χ4n) is 3.92. The van der Waals surface area contributed by atoms with Crippen molar-refractivity contribution in [2.45, 2.75) is 65.1 Å². The molecule has 1 amide bonds. The number of amides is 1. The second-order valence-corrected chi connectivity index (χ2v) is 8.64. The summed E-state index contributed by atoms with van der Waals surface area (Å²) >= 11 is 0. The first-order valence-corrected chi connectivity index (χ1v) is 7.73. The molecule has 1 unspecified atom stereocenters. The SMILES string of the molecule is CC1(C)CC(O)(C2(CO)CCN(C(=O)OC(C)(C)C)C2)C1. The van der Waals surface area contributed by atoms with Gasteiger partial charge in [-0.1, -0.05) is 13.8 Å². The van der Waals surface area contributed by atoms with Crippen molar-refractivity contribution < 1.29 is 19.7 Å². The Kier molecular flexibility index (Phi) is 3.82. The molecule has 1 heterocycles. The van der Waals surface area contributed by atoms with Crippen LogP contribution >= 0.6 is 0 Å². The normalized spacial score (nSPS) is 30.9. The maximum atomic E-state index is 12.2.